The fourth-order valence-corrected chi connectivity index (χ4v) is 8.03. The number of ether oxygens (including phenoxy) is 3. The van der Waals surface area contributed by atoms with Gasteiger partial charge in [-0.25, -0.2) is 0 Å². The summed E-state index contributed by atoms with van der Waals surface area (Å²) in [4.78, 5) is 38.1. The third kappa shape index (κ3) is 52.1. The summed E-state index contributed by atoms with van der Waals surface area (Å²) in [5, 5.41) is 0. The molecule has 0 spiro atoms. The molecule has 1 atom stereocenters. The van der Waals surface area contributed by atoms with Crippen LogP contribution in [0.3, 0.4) is 0 Å². The highest BCUT2D eigenvalue weighted by molar-refractivity contribution is 5.71. The zero-order valence-corrected chi connectivity index (χ0v) is 43.7. The number of esters is 3. The number of allylic oxidation sites excluding steroid dienone is 10. The van der Waals surface area contributed by atoms with E-state index in [1.807, 2.05) is 0 Å². The zero-order chi connectivity index (χ0) is 47.9. The van der Waals surface area contributed by atoms with Crippen LogP contribution in [0.5, 0.6) is 0 Å². The number of hydrogen-bond acceptors (Lipinski definition) is 6. The van der Waals surface area contributed by atoms with E-state index in [1.165, 1.54) is 135 Å². The van der Waals surface area contributed by atoms with Gasteiger partial charge in [0.2, 0.25) is 0 Å². The summed E-state index contributed by atoms with van der Waals surface area (Å²) < 4.78 is 16.8. The zero-order valence-electron chi connectivity index (χ0n) is 43.7. The van der Waals surface area contributed by atoms with Crippen LogP contribution < -0.4 is 0 Å². The van der Waals surface area contributed by atoms with Crippen LogP contribution in [-0.4, -0.2) is 37.2 Å². The number of unbranched alkanes of at least 4 members (excludes halogenated alkanes) is 30. The maximum Gasteiger partial charge on any atom is 0.306 e. The highest BCUT2D eigenvalue weighted by Gasteiger charge is 2.19. The second-order valence-corrected chi connectivity index (χ2v) is 18.8. The van der Waals surface area contributed by atoms with Crippen molar-refractivity contribution in [2.24, 2.45) is 0 Å². The Morgan fingerprint density at radius 3 is 0.985 bits per heavy atom. The van der Waals surface area contributed by atoms with Crippen molar-refractivity contribution in [3.63, 3.8) is 0 Å². The predicted molar refractivity (Wildman–Crippen MR) is 284 cm³/mol. The SMILES string of the molecule is CC/C=C\C/C=C\C/C=C\CCCCCCCCCC(=O)OC(COC(=O)CCCCCCC/C=C\C/C=C\CCC)COC(=O)CCCCCCCCCCCCCCCCCCCC. The highest BCUT2D eigenvalue weighted by atomic mass is 16.6. The Balaban J connectivity index is 4.36. The molecule has 0 aliphatic carbocycles. The first kappa shape index (κ1) is 63.1. The Hall–Kier alpha value is -2.89. The van der Waals surface area contributed by atoms with E-state index in [0.717, 1.165) is 109 Å². The molecule has 0 N–H and O–H groups in total. The van der Waals surface area contributed by atoms with Gasteiger partial charge in [-0.1, -0.05) is 248 Å². The lowest BCUT2D eigenvalue weighted by molar-refractivity contribution is -0.167. The van der Waals surface area contributed by atoms with Crippen molar-refractivity contribution in [2.75, 3.05) is 13.2 Å². The fourth-order valence-electron chi connectivity index (χ4n) is 8.03. The van der Waals surface area contributed by atoms with Crippen LogP contribution in [0, 0.1) is 0 Å². The minimum absolute atomic E-state index is 0.0804. The molecule has 1 unspecified atom stereocenters. The van der Waals surface area contributed by atoms with E-state index < -0.39 is 6.10 Å². The van der Waals surface area contributed by atoms with E-state index in [2.05, 4.69) is 81.5 Å². The number of rotatable bonds is 51. The summed E-state index contributed by atoms with van der Waals surface area (Å²) >= 11 is 0. The summed E-state index contributed by atoms with van der Waals surface area (Å²) in [5.41, 5.74) is 0. The lowest BCUT2D eigenvalue weighted by Crippen LogP contribution is -2.30. The van der Waals surface area contributed by atoms with Crippen LogP contribution in [0.2, 0.25) is 0 Å². The quantitative estimate of drug-likeness (QED) is 0.0262. The van der Waals surface area contributed by atoms with Gasteiger partial charge < -0.3 is 14.2 Å². The standard InChI is InChI=1S/C60H106O6/c1-4-7-10-13-16-19-22-25-27-29-31-32-35-38-41-44-47-50-53-59(62)65-56-57(55-64-58(61)52-49-46-43-40-37-34-24-21-18-15-12-9-6-3)66-60(63)54-51-48-45-42-39-36-33-30-28-26-23-20-17-14-11-8-5-2/h8,11-12,15,17,20-21,24,26,28,57H,4-7,9-10,13-14,16,18-19,22-23,25,27,29-56H2,1-3H3/b11-8-,15-12-,20-17-,24-21-,28-26-. The molecule has 0 bridgehead atoms. The largest absolute Gasteiger partial charge is 0.462 e. The van der Waals surface area contributed by atoms with E-state index in [4.69, 9.17) is 14.2 Å². The topological polar surface area (TPSA) is 78.9 Å². The molecule has 6 nitrogen and oxygen atoms in total. The molecule has 0 heterocycles. The van der Waals surface area contributed by atoms with Crippen molar-refractivity contribution in [3.05, 3.63) is 60.8 Å². The first-order valence-corrected chi connectivity index (χ1v) is 28.3. The molecule has 0 aromatic carbocycles. The maximum absolute atomic E-state index is 12.8. The number of carbonyl (C=O) groups is 3. The summed E-state index contributed by atoms with van der Waals surface area (Å²) in [7, 11) is 0. The predicted octanol–water partition coefficient (Wildman–Crippen LogP) is 18.8. The average molecular weight is 924 g/mol. The smallest absolute Gasteiger partial charge is 0.306 e. The van der Waals surface area contributed by atoms with Crippen LogP contribution in [0.25, 0.3) is 0 Å². The molecule has 0 fully saturated rings. The highest BCUT2D eigenvalue weighted by Crippen LogP contribution is 2.16. The van der Waals surface area contributed by atoms with Gasteiger partial charge >= 0.3 is 17.9 Å². The Morgan fingerprint density at radius 1 is 0.318 bits per heavy atom. The molecule has 0 aromatic heterocycles. The lowest BCUT2D eigenvalue weighted by atomic mass is 10.0. The molecule has 0 aliphatic heterocycles. The first-order valence-electron chi connectivity index (χ1n) is 28.3. The van der Waals surface area contributed by atoms with Crippen LogP contribution in [0.15, 0.2) is 60.8 Å². The van der Waals surface area contributed by atoms with Gasteiger partial charge in [0.25, 0.3) is 0 Å². The Bertz CT molecular complexity index is 1200. The molecule has 0 aliphatic rings. The van der Waals surface area contributed by atoms with E-state index in [1.54, 1.807) is 0 Å². The van der Waals surface area contributed by atoms with Crippen molar-refractivity contribution in [2.45, 2.75) is 290 Å². The summed E-state index contributed by atoms with van der Waals surface area (Å²) in [6, 6.07) is 0. The Morgan fingerprint density at radius 2 is 0.621 bits per heavy atom. The molecule has 0 aromatic rings. The molecule has 0 saturated heterocycles. The summed E-state index contributed by atoms with van der Waals surface area (Å²) in [6.07, 6.45) is 67.8. The van der Waals surface area contributed by atoms with Crippen LogP contribution in [-0.2, 0) is 28.6 Å². The number of carbonyl (C=O) groups excluding carboxylic acids is 3. The second kappa shape index (κ2) is 54.7. The van der Waals surface area contributed by atoms with Gasteiger partial charge in [-0.2, -0.15) is 0 Å². The van der Waals surface area contributed by atoms with Gasteiger partial charge in [0.15, 0.2) is 6.10 Å². The third-order valence-corrected chi connectivity index (χ3v) is 12.2. The van der Waals surface area contributed by atoms with Gasteiger partial charge in [-0.05, 0) is 77.0 Å². The monoisotopic (exact) mass is 923 g/mol. The summed E-state index contributed by atoms with van der Waals surface area (Å²) in [6.45, 7) is 6.47. The van der Waals surface area contributed by atoms with Gasteiger partial charge in [-0.15, -0.1) is 0 Å². The average Bonchev–Trinajstić information content (AvgIpc) is 3.31. The minimum atomic E-state index is -0.783. The van der Waals surface area contributed by atoms with Crippen molar-refractivity contribution in [3.8, 4) is 0 Å². The van der Waals surface area contributed by atoms with Crippen molar-refractivity contribution >= 4 is 17.9 Å². The summed E-state index contributed by atoms with van der Waals surface area (Å²) in [5.74, 6) is -0.894. The molecular formula is C60H106O6. The Labute approximate surface area is 409 Å². The molecule has 0 amide bonds. The van der Waals surface area contributed by atoms with Gasteiger partial charge in [-0.3, -0.25) is 14.4 Å². The van der Waals surface area contributed by atoms with Gasteiger partial charge in [0, 0.05) is 19.3 Å². The third-order valence-electron chi connectivity index (χ3n) is 12.2. The van der Waals surface area contributed by atoms with Crippen LogP contribution >= 0.6 is 0 Å². The molecule has 6 heteroatoms. The van der Waals surface area contributed by atoms with Gasteiger partial charge in [0.05, 0.1) is 0 Å². The van der Waals surface area contributed by atoms with Crippen molar-refractivity contribution in [1.29, 1.82) is 0 Å². The van der Waals surface area contributed by atoms with Gasteiger partial charge in [0.1, 0.15) is 13.2 Å². The molecule has 382 valence electrons. The van der Waals surface area contributed by atoms with E-state index in [-0.39, 0.29) is 31.1 Å². The van der Waals surface area contributed by atoms with Crippen LogP contribution in [0.4, 0.5) is 0 Å². The van der Waals surface area contributed by atoms with Crippen LogP contribution in [0.1, 0.15) is 284 Å². The van der Waals surface area contributed by atoms with E-state index in [0.29, 0.717) is 19.3 Å². The molecule has 0 radical (unpaired) electrons. The first-order chi connectivity index (χ1) is 32.5. The molecule has 0 saturated carbocycles. The maximum atomic E-state index is 12.8. The van der Waals surface area contributed by atoms with Crippen molar-refractivity contribution < 1.29 is 28.6 Å². The minimum Gasteiger partial charge on any atom is -0.462 e. The van der Waals surface area contributed by atoms with E-state index in [9.17, 15) is 14.4 Å². The molecular weight excluding hydrogens is 817 g/mol. The second-order valence-electron chi connectivity index (χ2n) is 18.8. The van der Waals surface area contributed by atoms with Crippen molar-refractivity contribution in [1.82, 2.24) is 0 Å². The fraction of sp³-hybridized carbons (Fsp3) is 0.783. The Kier molecular flexibility index (Phi) is 52.3. The van der Waals surface area contributed by atoms with E-state index >= 15 is 0 Å². The normalized spacial score (nSPS) is 12.5. The number of hydrogen-bond donors (Lipinski definition) is 0. The lowest BCUT2D eigenvalue weighted by Gasteiger charge is -2.18. The molecule has 0 rings (SSSR count). The molecule has 66 heavy (non-hydrogen) atoms.